The summed E-state index contributed by atoms with van der Waals surface area (Å²) < 4.78 is 6.76. The number of alkyl halides is 1. The third kappa shape index (κ3) is 3.28. The molecule has 0 radical (unpaired) electrons. The molecule has 4 heteroatoms. The van der Waals surface area contributed by atoms with Crippen molar-refractivity contribution >= 4 is 43.5 Å². The van der Waals surface area contributed by atoms with Gasteiger partial charge < -0.3 is 4.74 Å². The van der Waals surface area contributed by atoms with Gasteiger partial charge in [-0.3, -0.25) is 0 Å². The highest BCUT2D eigenvalue weighted by molar-refractivity contribution is 9.10. The zero-order chi connectivity index (χ0) is 13.1. The van der Waals surface area contributed by atoms with Crippen LogP contribution < -0.4 is 4.74 Å². The van der Waals surface area contributed by atoms with Crippen LogP contribution in [0, 0.1) is 6.92 Å². The van der Waals surface area contributed by atoms with Crippen LogP contribution in [0.15, 0.2) is 40.9 Å². The predicted octanol–water partition coefficient (Wildman–Crippen LogP) is 6.10. The molecule has 0 N–H and O–H groups in total. The predicted molar refractivity (Wildman–Crippen MR) is 83.0 cm³/mol. The average Bonchev–Trinajstić information content (AvgIpc) is 2.34. The third-order valence-corrected chi connectivity index (χ3v) is 3.94. The molecule has 0 bridgehead atoms. The van der Waals surface area contributed by atoms with Gasteiger partial charge in [-0.2, -0.15) is 0 Å². The highest BCUT2D eigenvalue weighted by Crippen LogP contribution is 2.33. The molecule has 0 unspecified atom stereocenters. The standard InChI is InChI=1S/C14H11Br2ClO/c1-9-6-10(8-15)2-4-13(9)18-14-5-3-11(16)7-12(14)17/h2-7H,8H2,1H3. The molecule has 2 rings (SSSR count). The van der Waals surface area contributed by atoms with Gasteiger partial charge in [-0.25, -0.2) is 0 Å². The second-order valence-electron chi connectivity index (χ2n) is 3.91. The Bertz CT molecular complexity index is 570. The van der Waals surface area contributed by atoms with E-state index in [0.717, 1.165) is 21.1 Å². The Balaban J connectivity index is 2.28. The summed E-state index contributed by atoms with van der Waals surface area (Å²) in [6.07, 6.45) is 0. The van der Waals surface area contributed by atoms with E-state index in [1.165, 1.54) is 5.56 Å². The fourth-order valence-corrected chi connectivity index (χ4v) is 2.65. The van der Waals surface area contributed by atoms with Crippen LogP contribution in [0.25, 0.3) is 0 Å². The van der Waals surface area contributed by atoms with Crippen LogP contribution in [-0.4, -0.2) is 0 Å². The number of ether oxygens (including phenoxy) is 1. The van der Waals surface area contributed by atoms with Crippen LogP contribution >= 0.6 is 43.5 Å². The fourth-order valence-electron chi connectivity index (χ4n) is 1.59. The molecular weight excluding hydrogens is 379 g/mol. The van der Waals surface area contributed by atoms with Crippen molar-refractivity contribution in [3.05, 3.63) is 57.0 Å². The van der Waals surface area contributed by atoms with Gasteiger partial charge in [0.25, 0.3) is 0 Å². The van der Waals surface area contributed by atoms with Gasteiger partial charge in [0.2, 0.25) is 0 Å². The zero-order valence-corrected chi connectivity index (χ0v) is 13.6. The van der Waals surface area contributed by atoms with Crippen molar-refractivity contribution in [1.29, 1.82) is 0 Å². The van der Waals surface area contributed by atoms with Gasteiger partial charge in [-0.15, -0.1) is 0 Å². The summed E-state index contributed by atoms with van der Waals surface area (Å²) in [5.41, 5.74) is 2.31. The van der Waals surface area contributed by atoms with Crippen LogP contribution in [0.3, 0.4) is 0 Å². The molecule has 0 aromatic heterocycles. The van der Waals surface area contributed by atoms with Gasteiger partial charge in [0.1, 0.15) is 11.5 Å². The first-order valence-corrected chi connectivity index (χ1v) is 7.68. The molecule has 0 aliphatic rings. The maximum atomic E-state index is 6.13. The monoisotopic (exact) mass is 388 g/mol. The van der Waals surface area contributed by atoms with E-state index in [2.05, 4.69) is 37.9 Å². The summed E-state index contributed by atoms with van der Waals surface area (Å²) in [5.74, 6) is 1.48. The van der Waals surface area contributed by atoms with Gasteiger partial charge in [0.15, 0.2) is 0 Å². The molecule has 0 saturated carbocycles. The Kier molecular flexibility index (Phi) is 4.71. The quantitative estimate of drug-likeness (QED) is 0.576. The first kappa shape index (κ1) is 13.9. The lowest BCUT2D eigenvalue weighted by Crippen LogP contribution is -1.90. The molecule has 0 atom stereocenters. The van der Waals surface area contributed by atoms with Crippen molar-refractivity contribution in [2.45, 2.75) is 12.3 Å². The lowest BCUT2D eigenvalue weighted by Gasteiger charge is -2.11. The van der Waals surface area contributed by atoms with Crippen LogP contribution in [0.4, 0.5) is 0 Å². The van der Waals surface area contributed by atoms with Crippen molar-refractivity contribution in [1.82, 2.24) is 0 Å². The van der Waals surface area contributed by atoms with Crippen LogP contribution in [0.5, 0.6) is 11.5 Å². The molecule has 94 valence electrons. The van der Waals surface area contributed by atoms with Gasteiger partial charge in [-0.05, 0) is 42.3 Å². The fraction of sp³-hybridized carbons (Fsp3) is 0.143. The highest BCUT2D eigenvalue weighted by atomic mass is 79.9. The normalized spacial score (nSPS) is 10.4. The van der Waals surface area contributed by atoms with Crippen molar-refractivity contribution in [2.75, 3.05) is 0 Å². The Morgan fingerprint density at radius 2 is 1.83 bits per heavy atom. The summed E-state index contributed by atoms with van der Waals surface area (Å²) >= 11 is 12.9. The van der Waals surface area contributed by atoms with Crippen LogP contribution in [-0.2, 0) is 5.33 Å². The molecule has 0 spiro atoms. The van der Waals surface area contributed by atoms with Gasteiger partial charge in [-0.1, -0.05) is 55.6 Å². The summed E-state index contributed by atoms with van der Waals surface area (Å²) in [4.78, 5) is 0. The van der Waals surface area contributed by atoms with E-state index in [4.69, 9.17) is 16.3 Å². The van der Waals surface area contributed by atoms with E-state index < -0.39 is 0 Å². The number of hydrogen-bond donors (Lipinski definition) is 0. The van der Waals surface area contributed by atoms with Crippen LogP contribution in [0.2, 0.25) is 5.02 Å². The molecule has 0 fully saturated rings. The Labute approximate surface area is 128 Å². The zero-order valence-electron chi connectivity index (χ0n) is 9.71. The second kappa shape index (κ2) is 6.09. The van der Waals surface area contributed by atoms with Crippen molar-refractivity contribution in [3.8, 4) is 11.5 Å². The topological polar surface area (TPSA) is 9.23 Å². The number of aryl methyl sites for hydroxylation is 1. The molecule has 0 aliphatic heterocycles. The van der Waals surface area contributed by atoms with E-state index in [1.54, 1.807) is 0 Å². The molecule has 18 heavy (non-hydrogen) atoms. The molecule has 0 amide bonds. The Hall–Kier alpha value is -0.510. The smallest absolute Gasteiger partial charge is 0.146 e. The maximum absolute atomic E-state index is 6.13. The summed E-state index contributed by atoms with van der Waals surface area (Å²) in [6.45, 7) is 2.02. The minimum atomic E-state index is 0.591. The van der Waals surface area contributed by atoms with Crippen molar-refractivity contribution in [2.24, 2.45) is 0 Å². The molecule has 0 aliphatic carbocycles. The number of rotatable bonds is 3. The number of halogens is 3. The average molecular weight is 391 g/mol. The second-order valence-corrected chi connectivity index (χ2v) is 5.79. The van der Waals surface area contributed by atoms with Crippen LogP contribution in [0.1, 0.15) is 11.1 Å². The third-order valence-electron chi connectivity index (χ3n) is 2.51. The summed E-state index contributed by atoms with van der Waals surface area (Å²) in [5, 5.41) is 1.43. The summed E-state index contributed by atoms with van der Waals surface area (Å²) in [7, 11) is 0. The number of hydrogen-bond acceptors (Lipinski definition) is 1. The highest BCUT2D eigenvalue weighted by Gasteiger charge is 2.06. The summed E-state index contributed by atoms with van der Waals surface area (Å²) in [6, 6.07) is 11.7. The largest absolute Gasteiger partial charge is 0.456 e. The molecule has 1 nitrogen and oxygen atoms in total. The molecule has 0 saturated heterocycles. The Morgan fingerprint density at radius 3 is 2.44 bits per heavy atom. The van der Waals surface area contributed by atoms with Gasteiger partial charge in [0.05, 0.1) is 5.02 Å². The van der Waals surface area contributed by atoms with E-state index in [0.29, 0.717) is 10.8 Å². The van der Waals surface area contributed by atoms with E-state index in [-0.39, 0.29) is 0 Å². The van der Waals surface area contributed by atoms with Gasteiger partial charge >= 0.3 is 0 Å². The lowest BCUT2D eigenvalue weighted by molar-refractivity contribution is 0.479. The molecule has 2 aromatic rings. The lowest BCUT2D eigenvalue weighted by atomic mass is 10.1. The van der Waals surface area contributed by atoms with Crippen molar-refractivity contribution < 1.29 is 4.74 Å². The first-order chi connectivity index (χ1) is 8.60. The van der Waals surface area contributed by atoms with E-state index in [1.807, 2.05) is 37.3 Å². The van der Waals surface area contributed by atoms with Gasteiger partial charge in [0, 0.05) is 9.80 Å². The molecule has 2 aromatic carbocycles. The molecular formula is C14H11Br2ClO. The Morgan fingerprint density at radius 1 is 1.11 bits per heavy atom. The minimum absolute atomic E-state index is 0.591. The van der Waals surface area contributed by atoms with E-state index >= 15 is 0 Å². The van der Waals surface area contributed by atoms with Crippen molar-refractivity contribution in [3.63, 3.8) is 0 Å². The molecule has 0 heterocycles. The number of benzene rings is 2. The minimum Gasteiger partial charge on any atom is -0.456 e. The maximum Gasteiger partial charge on any atom is 0.146 e. The van der Waals surface area contributed by atoms with E-state index in [9.17, 15) is 0 Å². The SMILES string of the molecule is Cc1cc(CBr)ccc1Oc1ccc(Br)cc1Cl. The first-order valence-electron chi connectivity index (χ1n) is 5.38.